The van der Waals surface area contributed by atoms with Crippen LogP contribution in [-0.4, -0.2) is 41.5 Å². The van der Waals surface area contributed by atoms with Crippen LogP contribution in [0.5, 0.6) is 0 Å². The molecule has 2 aromatic rings. The molecule has 140 valence electrons. The van der Waals surface area contributed by atoms with Crippen LogP contribution in [-0.2, 0) is 14.2 Å². The van der Waals surface area contributed by atoms with Gasteiger partial charge >= 0.3 is 0 Å². The number of hydrogen-bond donors (Lipinski definition) is 1. The van der Waals surface area contributed by atoms with Crippen LogP contribution >= 0.6 is 11.8 Å². The molecule has 27 heavy (non-hydrogen) atoms. The number of thioether (sulfide) groups is 1. The number of nitrogens with zero attached hydrogens (tertiary/aromatic N) is 3. The molecule has 4 rings (SSSR count). The Balaban J connectivity index is 1.53. The Morgan fingerprint density at radius 1 is 1.04 bits per heavy atom. The third-order valence-electron chi connectivity index (χ3n) is 4.59. The van der Waals surface area contributed by atoms with Crippen molar-refractivity contribution in [2.75, 3.05) is 6.61 Å². The number of ether oxygens (including phenoxy) is 3. The van der Waals surface area contributed by atoms with Gasteiger partial charge in [0.15, 0.2) is 6.29 Å². The van der Waals surface area contributed by atoms with Gasteiger partial charge in [-0.05, 0) is 17.7 Å². The molecule has 1 unspecified atom stereocenters. The van der Waals surface area contributed by atoms with Gasteiger partial charge in [0, 0.05) is 15.4 Å². The molecule has 0 aromatic heterocycles. The van der Waals surface area contributed by atoms with Crippen LogP contribution in [0.2, 0.25) is 0 Å². The SMILES string of the molecule is [N-]=[N+]=N[C@H]1C(Sc2ccccc2)O[C@@H]2CO[C@H](c3ccccc3)O[C@@H]2[C@@H]1O. The third-order valence-corrected chi connectivity index (χ3v) is 5.75. The molecule has 2 heterocycles. The van der Waals surface area contributed by atoms with Gasteiger partial charge in [-0.1, -0.05) is 65.4 Å². The van der Waals surface area contributed by atoms with Gasteiger partial charge in [-0.15, -0.1) is 0 Å². The molecule has 2 aliphatic rings. The Morgan fingerprint density at radius 2 is 1.74 bits per heavy atom. The van der Waals surface area contributed by atoms with Gasteiger partial charge in [-0.3, -0.25) is 0 Å². The largest absolute Gasteiger partial charge is 0.390 e. The Labute approximate surface area is 160 Å². The average Bonchev–Trinajstić information content (AvgIpc) is 2.72. The van der Waals surface area contributed by atoms with E-state index in [0.717, 1.165) is 10.5 Å². The Kier molecular flexibility index (Phi) is 5.63. The molecule has 0 aliphatic carbocycles. The Bertz CT molecular complexity index is 803. The molecule has 1 N–H and O–H groups in total. The highest BCUT2D eigenvalue weighted by Crippen LogP contribution is 2.39. The first kappa shape index (κ1) is 18.3. The molecule has 6 atom stereocenters. The van der Waals surface area contributed by atoms with Crippen molar-refractivity contribution in [1.29, 1.82) is 0 Å². The fraction of sp³-hybridized carbons (Fsp3) is 0.368. The second-order valence-electron chi connectivity index (χ2n) is 6.34. The lowest BCUT2D eigenvalue weighted by Crippen LogP contribution is -2.60. The van der Waals surface area contributed by atoms with Crippen molar-refractivity contribution in [3.8, 4) is 0 Å². The minimum atomic E-state index is -0.990. The summed E-state index contributed by atoms with van der Waals surface area (Å²) in [5, 5.41) is 14.7. The zero-order chi connectivity index (χ0) is 18.6. The highest BCUT2D eigenvalue weighted by Gasteiger charge is 2.49. The first-order chi connectivity index (χ1) is 13.3. The minimum absolute atomic E-state index is 0.288. The molecule has 0 amide bonds. The molecular weight excluding hydrogens is 366 g/mol. The minimum Gasteiger partial charge on any atom is -0.390 e. The van der Waals surface area contributed by atoms with Gasteiger partial charge in [0.05, 0.1) is 12.7 Å². The van der Waals surface area contributed by atoms with Gasteiger partial charge in [0.2, 0.25) is 0 Å². The summed E-state index contributed by atoms with van der Waals surface area (Å²) < 4.78 is 17.9. The van der Waals surface area contributed by atoms with Crippen LogP contribution in [0.15, 0.2) is 70.7 Å². The summed E-state index contributed by atoms with van der Waals surface area (Å²) in [5.74, 6) is 0. The normalized spacial score (nSPS) is 32.9. The maximum Gasteiger partial charge on any atom is 0.184 e. The maximum atomic E-state index is 10.9. The molecule has 8 heteroatoms. The summed E-state index contributed by atoms with van der Waals surface area (Å²) in [4.78, 5) is 3.87. The van der Waals surface area contributed by atoms with Gasteiger partial charge < -0.3 is 19.3 Å². The van der Waals surface area contributed by atoms with E-state index in [1.54, 1.807) is 0 Å². The molecule has 2 aromatic carbocycles. The van der Waals surface area contributed by atoms with Crippen molar-refractivity contribution in [3.63, 3.8) is 0 Å². The summed E-state index contributed by atoms with van der Waals surface area (Å²) in [6, 6.07) is 18.4. The van der Waals surface area contributed by atoms with E-state index in [4.69, 9.17) is 19.7 Å². The van der Waals surface area contributed by atoms with Crippen molar-refractivity contribution in [2.24, 2.45) is 5.11 Å². The molecule has 0 radical (unpaired) electrons. The van der Waals surface area contributed by atoms with Crippen molar-refractivity contribution < 1.29 is 19.3 Å². The second kappa shape index (κ2) is 8.31. The van der Waals surface area contributed by atoms with E-state index in [2.05, 4.69) is 10.0 Å². The Hall–Kier alpha value is -2.06. The quantitative estimate of drug-likeness (QED) is 0.492. The lowest BCUT2D eigenvalue weighted by Gasteiger charge is -2.46. The van der Waals surface area contributed by atoms with E-state index < -0.39 is 36.1 Å². The topological polar surface area (TPSA) is 96.7 Å². The van der Waals surface area contributed by atoms with E-state index in [0.29, 0.717) is 0 Å². The van der Waals surface area contributed by atoms with Crippen LogP contribution in [0, 0.1) is 0 Å². The summed E-state index contributed by atoms with van der Waals surface area (Å²) in [7, 11) is 0. The lowest BCUT2D eigenvalue weighted by atomic mass is 9.97. The Morgan fingerprint density at radius 3 is 2.44 bits per heavy atom. The number of hydrogen-bond acceptors (Lipinski definition) is 6. The number of aliphatic hydroxyl groups excluding tert-OH is 1. The molecule has 0 spiro atoms. The number of fused-ring (bicyclic) bond motifs is 1. The number of rotatable bonds is 4. The van der Waals surface area contributed by atoms with E-state index in [1.807, 2.05) is 60.7 Å². The summed E-state index contributed by atoms with van der Waals surface area (Å²) in [6.07, 6.45) is -2.65. The standard InChI is InChI=1S/C19H19N3O4S/c20-22-21-15-16(23)17-14(25-19(15)27-13-9-5-2-6-10-13)11-24-18(26-17)12-7-3-1-4-8-12/h1-10,14-19,23H,11H2/t14-,15-,16-,17+,18+,19?/m1/s1. The fourth-order valence-electron chi connectivity index (χ4n) is 3.27. The molecule has 7 nitrogen and oxygen atoms in total. The first-order valence-corrected chi connectivity index (χ1v) is 9.55. The van der Waals surface area contributed by atoms with E-state index in [1.165, 1.54) is 11.8 Å². The van der Waals surface area contributed by atoms with Crippen molar-refractivity contribution >= 4 is 11.8 Å². The predicted octanol–water partition coefficient (Wildman–Crippen LogP) is 3.66. The van der Waals surface area contributed by atoms with Gasteiger partial charge in [0.25, 0.3) is 0 Å². The van der Waals surface area contributed by atoms with Crippen molar-refractivity contribution in [1.82, 2.24) is 0 Å². The van der Waals surface area contributed by atoms with Crippen LogP contribution < -0.4 is 0 Å². The predicted molar refractivity (Wildman–Crippen MR) is 99.9 cm³/mol. The van der Waals surface area contributed by atoms with Crippen LogP contribution in [0.1, 0.15) is 11.9 Å². The zero-order valence-electron chi connectivity index (χ0n) is 14.4. The van der Waals surface area contributed by atoms with Crippen LogP contribution in [0.25, 0.3) is 10.4 Å². The number of azide groups is 1. The molecule has 2 saturated heterocycles. The monoisotopic (exact) mass is 385 g/mol. The van der Waals surface area contributed by atoms with E-state index in [9.17, 15) is 5.11 Å². The lowest BCUT2D eigenvalue weighted by molar-refractivity contribution is -0.305. The first-order valence-electron chi connectivity index (χ1n) is 8.68. The van der Waals surface area contributed by atoms with Gasteiger partial charge in [-0.25, -0.2) is 0 Å². The maximum absolute atomic E-state index is 10.9. The highest BCUT2D eigenvalue weighted by atomic mass is 32.2. The van der Waals surface area contributed by atoms with E-state index in [-0.39, 0.29) is 6.61 Å². The van der Waals surface area contributed by atoms with Crippen LogP contribution in [0.3, 0.4) is 0 Å². The molecular formula is C19H19N3O4S. The van der Waals surface area contributed by atoms with Crippen molar-refractivity contribution in [2.45, 2.75) is 41.0 Å². The second-order valence-corrected chi connectivity index (χ2v) is 7.51. The number of benzene rings is 2. The molecule has 0 bridgehead atoms. The summed E-state index contributed by atoms with van der Waals surface area (Å²) in [6.45, 7) is 0.288. The van der Waals surface area contributed by atoms with Crippen LogP contribution in [0.4, 0.5) is 0 Å². The summed E-state index contributed by atoms with van der Waals surface area (Å²) >= 11 is 1.41. The van der Waals surface area contributed by atoms with Crippen molar-refractivity contribution in [3.05, 3.63) is 76.7 Å². The molecule has 2 aliphatic heterocycles. The smallest absolute Gasteiger partial charge is 0.184 e. The highest BCUT2D eigenvalue weighted by molar-refractivity contribution is 7.99. The molecule has 0 saturated carbocycles. The number of aliphatic hydroxyl groups is 1. The average molecular weight is 385 g/mol. The fourth-order valence-corrected chi connectivity index (χ4v) is 4.41. The van der Waals surface area contributed by atoms with Gasteiger partial charge in [-0.2, -0.15) is 0 Å². The summed E-state index contributed by atoms with van der Waals surface area (Å²) in [5.41, 5.74) is 9.30. The third kappa shape index (κ3) is 3.96. The van der Waals surface area contributed by atoms with E-state index >= 15 is 0 Å². The zero-order valence-corrected chi connectivity index (χ0v) is 15.2. The molecule has 2 fully saturated rings. The van der Waals surface area contributed by atoms with Gasteiger partial charge in [0.1, 0.15) is 23.7 Å².